The van der Waals surface area contributed by atoms with Crippen molar-refractivity contribution >= 4 is 47.6 Å². The van der Waals surface area contributed by atoms with E-state index >= 15 is 0 Å². The highest BCUT2D eigenvalue weighted by molar-refractivity contribution is 7.71. The van der Waals surface area contributed by atoms with Gasteiger partial charge in [0.1, 0.15) is 18.8 Å². The van der Waals surface area contributed by atoms with Crippen molar-refractivity contribution in [3.05, 3.63) is 34.1 Å². The van der Waals surface area contributed by atoms with Crippen molar-refractivity contribution in [2.24, 2.45) is 7.05 Å². The molecular formula is C23H27ClN4O8S. The maximum atomic E-state index is 12.2. The van der Waals surface area contributed by atoms with E-state index in [1.807, 2.05) is 0 Å². The van der Waals surface area contributed by atoms with E-state index in [1.165, 1.54) is 25.5 Å². The van der Waals surface area contributed by atoms with Crippen molar-refractivity contribution in [2.75, 3.05) is 6.61 Å². The highest BCUT2D eigenvalue weighted by Gasteiger charge is 2.52. The number of nitrogens with one attached hydrogen (secondary N) is 1. The first kappa shape index (κ1) is 28.3. The van der Waals surface area contributed by atoms with Crippen molar-refractivity contribution in [2.45, 2.75) is 58.3 Å². The Kier molecular flexibility index (Phi) is 9.05. The number of carbonyl (C=O) groups excluding carboxylic acids is 4. The molecular weight excluding hydrogens is 528 g/mol. The van der Waals surface area contributed by atoms with Crippen molar-refractivity contribution < 1.29 is 38.1 Å². The minimum Gasteiger partial charge on any atom is -0.463 e. The molecule has 1 aliphatic rings. The highest BCUT2D eigenvalue weighted by atomic mass is 35.5. The molecule has 1 aliphatic heterocycles. The fourth-order valence-corrected chi connectivity index (χ4v) is 4.47. The van der Waals surface area contributed by atoms with Gasteiger partial charge in [0.2, 0.25) is 5.91 Å². The first-order valence-corrected chi connectivity index (χ1v) is 12.0. The zero-order chi connectivity index (χ0) is 27.4. The molecule has 0 aliphatic carbocycles. The predicted molar refractivity (Wildman–Crippen MR) is 132 cm³/mol. The molecule has 2 aromatic rings. The molecule has 1 N–H and O–H groups in total. The Morgan fingerprint density at radius 2 is 1.68 bits per heavy atom. The van der Waals surface area contributed by atoms with E-state index in [1.54, 1.807) is 35.9 Å². The van der Waals surface area contributed by atoms with Gasteiger partial charge in [-0.15, -0.1) is 5.10 Å². The first-order valence-electron chi connectivity index (χ1n) is 11.2. The van der Waals surface area contributed by atoms with Crippen LogP contribution in [0.25, 0.3) is 11.4 Å². The van der Waals surface area contributed by atoms with Gasteiger partial charge in [-0.05, 0) is 24.4 Å². The third-order valence-electron chi connectivity index (χ3n) is 5.45. The molecule has 3 rings (SSSR count). The topological polar surface area (TPSA) is 140 Å². The number of amides is 1. The Balaban J connectivity index is 2.17. The van der Waals surface area contributed by atoms with E-state index in [-0.39, 0.29) is 11.4 Å². The standard InChI is InChI=1S/C23H27ClN4O8S/c1-11(29)25-18-20(35-14(4)32)19(34-13(3)31)17(10-33-12(2)30)36-22(18)28-23(37)27(5)21(26-28)15-8-6-7-9-16(15)24/h6-9,17-20,22H,10H2,1-5H3,(H,25,29)/t17-,18-,19-,20-,22-/m1/s1. The Morgan fingerprint density at radius 1 is 1.05 bits per heavy atom. The van der Waals surface area contributed by atoms with Crippen LogP contribution in [-0.4, -0.2) is 69.1 Å². The number of benzene rings is 1. The summed E-state index contributed by atoms with van der Waals surface area (Å²) < 4.78 is 25.4. The van der Waals surface area contributed by atoms with Crippen molar-refractivity contribution in [1.29, 1.82) is 0 Å². The molecule has 12 nitrogen and oxygen atoms in total. The van der Waals surface area contributed by atoms with Gasteiger partial charge >= 0.3 is 17.9 Å². The second-order valence-electron chi connectivity index (χ2n) is 8.33. The van der Waals surface area contributed by atoms with Crippen LogP contribution in [0.15, 0.2) is 24.3 Å². The Bertz CT molecular complexity index is 1260. The molecule has 5 atom stereocenters. The second-order valence-corrected chi connectivity index (χ2v) is 9.10. The Morgan fingerprint density at radius 3 is 2.24 bits per heavy atom. The van der Waals surface area contributed by atoms with E-state index < -0.39 is 54.4 Å². The smallest absolute Gasteiger partial charge is 0.303 e. The molecule has 1 aromatic heterocycles. The fraction of sp³-hybridized carbons (Fsp3) is 0.478. The molecule has 1 fully saturated rings. The number of halogens is 1. The van der Waals surface area contributed by atoms with Gasteiger partial charge in [-0.2, -0.15) is 0 Å². The number of nitrogens with zero attached hydrogens (tertiary/aromatic N) is 3. The summed E-state index contributed by atoms with van der Waals surface area (Å²) in [4.78, 5) is 47.8. The lowest BCUT2D eigenvalue weighted by molar-refractivity contribution is -0.239. The zero-order valence-electron chi connectivity index (χ0n) is 20.8. The van der Waals surface area contributed by atoms with E-state index in [4.69, 9.17) is 42.8 Å². The SMILES string of the molecule is CC(=O)N[C@@H]1[C@@H](OC(C)=O)[C@H](OC(C)=O)[C@@H](COC(C)=O)O[C@H]1n1nc(-c2ccccc2Cl)n(C)c1=S. The molecule has 0 bridgehead atoms. The molecule has 14 heteroatoms. The third-order valence-corrected chi connectivity index (χ3v) is 6.24. The van der Waals surface area contributed by atoms with Crippen LogP contribution in [0.1, 0.15) is 33.9 Å². The molecule has 1 aromatic carbocycles. The number of hydrogen-bond donors (Lipinski definition) is 1. The average molecular weight is 555 g/mol. The summed E-state index contributed by atoms with van der Waals surface area (Å²) >= 11 is 12.0. The van der Waals surface area contributed by atoms with Crippen LogP contribution < -0.4 is 5.32 Å². The van der Waals surface area contributed by atoms with Crippen LogP contribution in [0.4, 0.5) is 0 Å². The number of carbonyl (C=O) groups is 4. The summed E-state index contributed by atoms with van der Waals surface area (Å²) in [6.07, 6.45) is -4.72. The minimum absolute atomic E-state index is 0.189. The molecule has 0 saturated carbocycles. The van der Waals surface area contributed by atoms with Gasteiger partial charge in [-0.1, -0.05) is 23.7 Å². The number of esters is 3. The Hall–Kier alpha value is -3.29. The predicted octanol–water partition coefficient (Wildman–Crippen LogP) is 2.10. The summed E-state index contributed by atoms with van der Waals surface area (Å²) in [7, 11) is 1.68. The van der Waals surface area contributed by atoms with Crippen LogP contribution in [0, 0.1) is 4.77 Å². The molecule has 37 heavy (non-hydrogen) atoms. The highest BCUT2D eigenvalue weighted by Crippen LogP contribution is 2.34. The molecule has 0 radical (unpaired) electrons. The summed E-state index contributed by atoms with van der Waals surface area (Å²) in [6.45, 7) is 4.46. The van der Waals surface area contributed by atoms with Gasteiger partial charge in [0, 0.05) is 40.3 Å². The van der Waals surface area contributed by atoms with E-state index in [0.29, 0.717) is 16.4 Å². The number of ether oxygens (including phenoxy) is 4. The van der Waals surface area contributed by atoms with Crippen LogP contribution in [0.2, 0.25) is 5.02 Å². The molecule has 0 unspecified atom stereocenters. The molecule has 200 valence electrons. The number of aromatic nitrogens is 3. The zero-order valence-corrected chi connectivity index (χ0v) is 22.4. The fourth-order valence-electron chi connectivity index (χ4n) is 4.02. The van der Waals surface area contributed by atoms with Crippen molar-refractivity contribution in [1.82, 2.24) is 19.7 Å². The van der Waals surface area contributed by atoms with Crippen molar-refractivity contribution in [3.63, 3.8) is 0 Å². The minimum atomic E-state index is -1.24. The number of hydrogen-bond acceptors (Lipinski definition) is 10. The van der Waals surface area contributed by atoms with Crippen LogP contribution in [0.3, 0.4) is 0 Å². The Labute approximate surface area is 222 Å². The maximum absolute atomic E-state index is 12.2. The first-order chi connectivity index (χ1) is 17.4. The quantitative estimate of drug-likeness (QED) is 0.307. The van der Waals surface area contributed by atoms with Gasteiger partial charge in [0.15, 0.2) is 29.0 Å². The third kappa shape index (κ3) is 6.53. The molecule has 1 amide bonds. The van der Waals surface area contributed by atoms with Crippen LogP contribution >= 0.6 is 23.8 Å². The van der Waals surface area contributed by atoms with Crippen LogP contribution in [-0.2, 0) is 45.2 Å². The molecule has 2 heterocycles. The van der Waals surface area contributed by atoms with Gasteiger partial charge in [0.05, 0.1) is 5.02 Å². The van der Waals surface area contributed by atoms with Crippen LogP contribution in [0.5, 0.6) is 0 Å². The lowest BCUT2D eigenvalue weighted by Gasteiger charge is -2.45. The normalized spacial score (nSPS) is 23.1. The van der Waals surface area contributed by atoms with Gasteiger partial charge in [-0.25, -0.2) is 4.68 Å². The molecule has 1 saturated heterocycles. The monoisotopic (exact) mass is 554 g/mol. The number of rotatable bonds is 7. The lowest BCUT2D eigenvalue weighted by atomic mass is 9.95. The van der Waals surface area contributed by atoms with E-state index in [9.17, 15) is 19.2 Å². The molecule has 0 spiro atoms. The summed E-state index contributed by atoms with van der Waals surface area (Å²) in [5, 5.41) is 7.74. The lowest BCUT2D eigenvalue weighted by Crippen LogP contribution is -2.64. The van der Waals surface area contributed by atoms with Gasteiger partial charge < -0.3 is 28.8 Å². The summed E-state index contributed by atoms with van der Waals surface area (Å²) in [6, 6.07) is 5.92. The maximum Gasteiger partial charge on any atom is 0.303 e. The summed E-state index contributed by atoms with van der Waals surface area (Å²) in [5.74, 6) is -2.09. The largest absolute Gasteiger partial charge is 0.463 e. The van der Waals surface area contributed by atoms with E-state index in [2.05, 4.69) is 10.4 Å². The second kappa shape index (κ2) is 11.8. The average Bonchev–Trinajstić information content (AvgIpc) is 3.09. The summed E-state index contributed by atoms with van der Waals surface area (Å²) in [5.41, 5.74) is 0.592. The van der Waals surface area contributed by atoms with Crippen molar-refractivity contribution in [3.8, 4) is 11.4 Å². The van der Waals surface area contributed by atoms with Gasteiger partial charge in [-0.3, -0.25) is 19.2 Å². The van der Waals surface area contributed by atoms with E-state index in [0.717, 1.165) is 6.92 Å². The van der Waals surface area contributed by atoms with Gasteiger partial charge in [0.25, 0.3) is 0 Å².